The van der Waals surface area contributed by atoms with Crippen LogP contribution in [0.4, 0.5) is 0 Å². The van der Waals surface area contributed by atoms with Crippen LogP contribution in [0.5, 0.6) is 0 Å². The van der Waals surface area contributed by atoms with E-state index in [0.29, 0.717) is 36.9 Å². The Morgan fingerprint density at radius 1 is 1.33 bits per heavy atom. The average molecular weight is 352 g/mol. The number of hydrogen-bond donors (Lipinski definition) is 2. The van der Waals surface area contributed by atoms with Crippen LogP contribution in [0.2, 0.25) is 0 Å². The summed E-state index contributed by atoms with van der Waals surface area (Å²) in [5.41, 5.74) is -0.170. The summed E-state index contributed by atoms with van der Waals surface area (Å²) < 4.78 is 5.26. The lowest BCUT2D eigenvalue weighted by Crippen LogP contribution is -2.46. The third-order valence-electron chi connectivity index (χ3n) is 5.21. The minimum atomic E-state index is -0.916. The number of carboxylic acid groups (broad SMARTS) is 1. The number of nitrogens with one attached hydrogen (secondary N) is 1. The van der Waals surface area contributed by atoms with Gasteiger partial charge in [-0.1, -0.05) is 12.8 Å². The van der Waals surface area contributed by atoms with Crippen LogP contribution in [0.3, 0.4) is 0 Å². The van der Waals surface area contributed by atoms with Gasteiger partial charge in [-0.05, 0) is 32.6 Å². The topological polar surface area (TPSA) is 88.5 Å². The number of hydrogen-bond acceptors (Lipinski definition) is 5. The molecule has 24 heavy (non-hydrogen) atoms. The fourth-order valence-electron chi connectivity index (χ4n) is 3.53. The van der Waals surface area contributed by atoms with Crippen molar-refractivity contribution in [1.29, 1.82) is 0 Å². The van der Waals surface area contributed by atoms with E-state index in [1.807, 2.05) is 6.92 Å². The Kier molecular flexibility index (Phi) is 5.20. The van der Waals surface area contributed by atoms with Crippen molar-refractivity contribution in [2.75, 3.05) is 19.8 Å². The van der Waals surface area contributed by atoms with Crippen molar-refractivity contribution in [3.63, 3.8) is 0 Å². The van der Waals surface area contributed by atoms with Crippen LogP contribution in [0.1, 0.15) is 64.8 Å². The number of carbonyl (C=O) groups is 2. The maximum absolute atomic E-state index is 12.5. The molecule has 0 radical (unpaired) electrons. The molecular formula is C17H24N2O4S. The zero-order valence-corrected chi connectivity index (χ0v) is 14.8. The smallest absolute Gasteiger partial charge is 0.311 e. The van der Waals surface area contributed by atoms with Gasteiger partial charge in [0.15, 0.2) is 0 Å². The lowest BCUT2D eigenvalue weighted by Gasteiger charge is -2.33. The van der Waals surface area contributed by atoms with Crippen LogP contribution in [-0.2, 0) is 9.53 Å². The summed E-state index contributed by atoms with van der Waals surface area (Å²) in [5.74, 6) is -0.587. The van der Waals surface area contributed by atoms with E-state index in [-0.39, 0.29) is 12.5 Å². The van der Waals surface area contributed by atoms with Gasteiger partial charge >= 0.3 is 5.97 Å². The van der Waals surface area contributed by atoms with Gasteiger partial charge < -0.3 is 15.2 Å². The third-order valence-corrected chi connectivity index (χ3v) is 6.53. The van der Waals surface area contributed by atoms with Crippen LogP contribution >= 0.6 is 11.3 Å². The number of rotatable bonds is 5. The summed E-state index contributed by atoms with van der Waals surface area (Å²) in [4.78, 5) is 29.4. The number of ether oxygens (including phenoxy) is 1. The number of nitrogens with zero attached hydrogens (tertiary/aromatic N) is 1. The Morgan fingerprint density at radius 2 is 2.00 bits per heavy atom. The van der Waals surface area contributed by atoms with Crippen molar-refractivity contribution in [3.8, 4) is 0 Å². The molecule has 1 saturated carbocycles. The standard InChI is InChI=1S/C17H24N2O4S/c1-11-13(24-15(19-11)12-4-2-3-5-12)14(20)18-10-17(16(21)22)6-8-23-9-7-17/h12H,2-10H2,1H3,(H,18,20)(H,21,22). The van der Waals surface area contributed by atoms with E-state index in [4.69, 9.17) is 4.74 Å². The van der Waals surface area contributed by atoms with Gasteiger partial charge in [-0.3, -0.25) is 9.59 Å². The second kappa shape index (κ2) is 7.19. The third kappa shape index (κ3) is 3.47. The molecule has 132 valence electrons. The molecule has 6 nitrogen and oxygen atoms in total. The fourth-order valence-corrected chi connectivity index (χ4v) is 4.69. The second-order valence-corrected chi connectivity index (χ2v) is 7.86. The van der Waals surface area contributed by atoms with E-state index >= 15 is 0 Å². The van der Waals surface area contributed by atoms with Crippen LogP contribution < -0.4 is 5.32 Å². The molecule has 0 atom stereocenters. The summed E-state index contributed by atoms with van der Waals surface area (Å²) >= 11 is 1.46. The number of amides is 1. The van der Waals surface area contributed by atoms with Crippen molar-refractivity contribution >= 4 is 23.2 Å². The molecule has 0 spiro atoms. The first kappa shape index (κ1) is 17.4. The molecule has 2 aliphatic rings. The summed E-state index contributed by atoms with van der Waals surface area (Å²) in [6.07, 6.45) is 5.61. The van der Waals surface area contributed by atoms with Crippen molar-refractivity contribution in [2.24, 2.45) is 5.41 Å². The molecule has 1 saturated heterocycles. The van der Waals surface area contributed by atoms with Crippen molar-refractivity contribution in [3.05, 3.63) is 15.6 Å². The molecule has 3 rings (SSSR count). The normalized spacial score (nSPS) is 20.9. The van der Waals surface area contributed by atoms with Gasteiger partial charge in [0.1, 0.15) is 4.88 Å². The Labute approximate surface area is 145 Å². The molecule has 1 aromatic rings. The van der Waals surface area contributed by atoms with Crippen molar-refractivity contribution < 1.29 is 19.4 Å². The molecule has 1 aromatic heterocycles. The van der Waals surface area contributed by atoms with E-state index in [0.717, 1.165) is 23.5 Å². The first-order valence-electron chi connectivity index (χ1n) is 8.58. The van der Waals surface area contributed by atoms with E-state index in [2.05, 4.69) is 10.3 Å². The van der Waals surface area contributed by atoms with Crippen LogP contribution in [0.15, 0.2) is 0 Å². The Morgan fingerprint density at radius 3 is 2.62 bits per heavy atom. The van der Waals surface area contributed by atoms with E-state index in [9.17, 15) is 14.7 Å². The van der Waals surface area contributed by atoms with E-state index in [1.54, 1.807) is 0 Å². The minimum Gasteiger partial charge on any atom is -0.481 e. The number of aliphatic carboxylic acids is 1. The Balaban J connectivity index is 1.67. The average Bonchev–Trinajstić information content (AvgIpc) is 3.22. The Bertz CT molecular complexity index is 616. The lowest BCUT2D eigenvalue weighted by molar-refractivity contribution is -0.154. The van der Waals surface area contributed by atoms with Crippen molar-refractivity contribution in [2.45, 2.75) is 51.4 Å². The molecule has 0 bridgehead atoms. The fraction of sp³-hybridized carbons (Fsp3) is 0.706. The summed E-state index contributed by atoms with van der Waals surface area (Å²) in [6.45, 7) is 2.84. The molecule has 7 heteroatoms. The molecule has 2 N–H and O–H groups in total. The van der Waals surface area contributed by atoms with Gasteiger partial charge in [0.05, 0.1) is 16.1 Å². The van der Waals surface area contributed by atoms with Crippen LogP contribution in [0, 0.1) is 12.3 Å². The molecule has 1 aliphatic carbocycles. The highest BCUT2D eigenvalue weighted by molar-refractivity contribution is 7.13. The van der Waals surface area contributed by atoms with E-state index in [1.165, 1.54) is 24.2 Å². The maximum Gasteiger partial charge on any atom is 0.311 e. The molecular weight excluding hydrogens is 328 g/mol. The van der Waals surface area contributed by atoms with Gasteiger partial charge in [0.25, 0.3) is 5.91 Å². The van der Waals surface area contributed by atoms with Gasteiger partial charge in [-0.15, -0.1) is 11.3 Å². The first-order valence-corrected chi connectivity index (χ1v) is 9.40. The van der Waals surface area contributed by atoms with Crippen LogP contribution in [0.25, 0.3) is 0 Å². The Hall–Kier alpha value is -1.47. The largest absolute Gasteiger partial charge is 0.481 e. The predicted octanol–water partition coefficient (Wildman–Crippen LogP) is 2.72. The highest BCUT2D eigenvalue weighted by Gasteiger charge is 2.40. The van der Waals surface area contributed by atoms with Gasteiger partial charge in [-0.2, -0.15) is 0 Å². The minimum absolute atomic E-state index is 0.140. The summed E-state index contributed by atoms with van der Waals surface area (Å²) in [6, 6.07) is 0. The molecule has 2 fully saturated rings. The molecule has 2 heterocycles. The molecule has 1 aliphatic heterocycles. The summed E-state index contributed by atoms with van der Waals surface area (Å²) in [5, 5.41) is 13.4. The second-order valence-electron chi connectivity index (χ2n) is 6.83. The number of carboxylic acids is 1. The molecule has 1 amide bonds. The van der Waals surface area contributed by atoms with E-state index < -0.39 is 11.4 Å². The number of aryl methyl sites for hydroxylation is 1. The van der Waals surface area contributed by atoms with Crippen molar-refractivity contribution in [1.82, 2.24) is 10.3 Å². The first-order chi connectivity index (χ1) is 11.5. The van der Waals surface area contributed by atoms with Crippen LogP contribution in [-0.4, -0.2) is 41.7 Å². The highest BCUT2D eigenvalue weighted by Crippen LogP contribution is 2.37. The molecule has 0 unspecified atom stereocenters. The predicted molar refractivity (Wildman–Crippen MR) is 90.5 cm³/mol. The number of carbonyl (C=O) groups excluding carboxylic acids is 1. The van der Waals surface area contributed by atoms with Gasteiger partial charge in [-0.25, -0.2) is 4.98 Å². The monoisotopic (exact) mass is 352 g/mol. The van der Waals surface area contributed by atoms with Gasteiger partial charge in [0.2, 0.25) is 0 Å². The number of aromatic nitrogens is 1. The molecule has 0 aromatic carbocycles. The summed E-state index contributed by atoms with van der Waals surface area (Å²) in [7, 11) is 0. The maximum atomic E-state index is 12.5. The zero-order valence-electron chi connectivity index (χ0n) is 14.0. The quantitative estimate of drug-likeness (QED) is 0.850. The highest BCUT2D eigenvalue weighted by atomic mass is 32.1. The zero-order chi connectivity index (χ0) is 17.2. The SMILES string of the molecule is Cc1nc(C2CCCC2)sc1C(=O)NCC1(C(=O)O)CCOCC1. The lowest BCUT2D eigenvalue weighted by atomic mass is 9.80. The number of thiazole rings is 1. The van der Waals surface area contributed by atoms with Gasteiger partial charge in [0, 0.05) is 25.7 Å².